The van der Waals surface area contributed by atoms with Gasteiger partial charge in [-0.1, -0.05) is 12.1 Å². The zero-order valence-electron chi connectivity index (χ0n) is 10.6. The minimum absolute atomic E-state index is 0.229. The molecule has 1 unspecified atom stereocenters. The first kappa shape index (κ1) is 12.5. The Balaban J connectivity index is 2.15. The second-order valence-corrected chi connectivity index (χ2v) is 4.07. The van der Waals surface area contributed by atoms with Crippen LogP contribution in [0.3, 0.4) is 0 Å². The van der Waals surface area contributed by atoms with Gasteiger partial charge < -0.3 is 10.1 Å². The maximum atomic E-state index is 5.23. The van der Waals surface area contributed by atoms with Crippen LogP contribution in [0, 0.1) is 0 Å². The smallest absolute Gasteiger partial charge is 0.119 e. The number of hydrogen-bond acceptors (Lipinski definition) is 4. The molecular weight excluding hydrogens is 226 g/mol. The molecule has 1 atom stereocenters. The summed E-state index contributed by atoms with van der Waals surface area (Å²) in [5.74, 6) is 0.884. The molecule has 0 aliphatic carbocycles. The fourth-order valence-electron chi connectivity index (χ4n) is 1.93. The minimum Gasteiger partial charge on any atom is -0.497 e. The molecule has 0 fully saturated rings. The SMILES string of the molecule is CNC(Cc1cccc(OC)c1)c1ccnnc1. The maximum Gasteiger partial charge on any atom is 0.119 e. The summed E-state index contributed by atoms with van der Waals surface area (Å²) in [4.78, 5) is 0. The average Bonchev–Trinajstić information content (AvgIpc) is 2.46. The largest absolute Gasteiger partial charge is 0.497 e. The van der Waals surface area contributed by atoms with Crippen molar-refractivity contribution in [2.24, 2.45) is 0 Å². The van der Waals surface area contributed by atoms with Gasteiger partial charge in [0.15, 0.2) is 0 Å². The molecule has 0 amide bonds. The summed E-state index contributed by atoms with van der Waals surface area (Å²) in [5, 5.41) is 11.0. The van der Waals surface area contributed by atoms with Gasteiger partial charge in [0.25, 0.3) is 0 Å². The van der Waals surface area contributed by atoms with Gasteiger partial charge in [-0.25, -0.2) is 0 Å². The molecule has 0 bridgehead atoms. The first-order valence-corrected chi connectivity index (χ1v) is 5.90. The molecule has 0 saturated carbocycles. The van der Waals surface area contributed by atoms with Gasteiger partial charge in [0, 0.05) is 12.2 Å². The van der Waals surface area contributed by atoms with E-state index in [1.165, 1.54) is 5.56 Å². The molecule has 1 aromatic heterocycles. The second-order valence-electron chi connectivity index (χ2n) is 4.07. The Labute approximate surface area is 107 Å². The van der Waals surface area contributed by atoms with Crippen LogP contribution in [0.1, 0.15) is 17.2 Å². The van der Waals surface area contributed by atoms with E-state index in [2.05, 4.69) is 27.6 Å². The van der Waals surface area contributed by atoms with Crippen LogP contribution in [0.5, 0.6) is 5.75 Å². The molecule has 0 spiro atoms. The van der Waals surface area contributed by atoms with Gasteiger partial charge in [-0.15, -0.1) is 0 Å². The van der Waals surface area contributed by atoms with E-state index in [-0.39, 0.29) is 6.04 Å². The number of aromatic nitrogens is 2. The van der Waals surface area contributed by atoms with Gasteiger partial charge in [0.1, 0.15) is 5.75 Å². The normalized spacial score (nSPS) is 12.1. The molecule has 94 valence electrons. The topological polar surface area (TPSA) is 47.0 Å². The predicted molar refractivity (Wildman–Crippen MR) is 70.5 cm³/mol. The van der Waals surface area contributed by atoms with E-state index in [4.69, 9.17) is 4.74 Å². The van der Waals surface area contributed by atoms with Gasteiger partial charge in [0.05, 0.1) is 13.3 Å². The Morgan fingerprint density at radius 3 is 2.83 bits per heavy atom. The van der Waals surface area contributed by atoms with Gasteiger partial charge in [-0.3, -0.25) is 0 Å². The number of nitrogens with one attached hydrogen (secondary N) is 1. The van der Waals surface area contributed by atoms with Crippen LogP contribution >= 0.6 is 0 Å². The average molecular weight is 243 g/mol. The van der Waals surface area contributed by atoms with Crippen LogP contribution in [0.15, 0.2) is 42.7 Å². The highest BCUT2D eigenvalue weighted by Crippen LogP contribution is 2.20. The number of nitrogens with zero attached hydrogens (tertiary/aromatic N) is 2. The van der Waals surface area contributed by atoms with E-state index >= 15 is 0 Å². The van der Waals surface area contributed by atoms with Crippen molar-refractivity contribution in [2.45, 2.75) is 12.5 Å². The molecule has 1 N–H and O–H groups in total. The number of hydrogen-bond donors (Lipinski definition) is 1. The van der Waals surface area contributed by atoms with E-state index in [0.29, 0.717) is 0 Å². The summed E-state index contributed by atoms with van der Waals surface area (Å²) in [5.41, 5.74) is 2.36. The Morgan fingerprint density at radius 2 is 2.17 bits per heavy atom. The van der Waals surface area contributed by atoms with E-state index < -0.39 is 0 Å². The summed E-state index contributed by atoms with van der Waals surface area (Å²) >= 11 is 0. The van der Waals surface area contributed by atoms with E-state index in [1.54, 1.807) is 19.5 Å². The van der Waals surface area contributed by atoms with Gasteiger partial charge >= 0.3 is 0 Å². The van der Waals surface area contributed by atoms with Crippen LogP contribution in [0.25, 0.3) is 0 Å². The molecule has 1 aromatic carbocycles. The first-order chi connectivity index (χ1) is 8.83. The highest BCUT2D eigenvalue weighted by molar-refractivity contribution is 5.30. The molecule has 4 nitrogen and oxygen atoms in total. The third-order valence-corrected chi connectivity index (χ3v) is 2.93. The molecule has 2 rings (SSSR count). The minimum atomic E-state index is 0.229. The lowest BCUT2D eigenvalue weighted by Gasteiger charge is -2.16. The van der Waals surface area contributed by atoms with Crippen LogP contribution in [0.4, 0.5) is 0 Å². The highest BCUT2D eigenvalue weighted by atomic mass is 16.5. The van der Waals surface area contributed by atoms with Crippen molar-refractivity contribution in [1.29, 1.82) is 0 Å². The summed E-state index contributed by atoms with van der Waals surface area (Å²) in [6.07, 6.45) is 4.39. The lowest BCUT2D eigenvalue weighted by molar-refractivity contribution is 0.414. The van der Waals surface area contributed by atoms with Crippen LogP contribution in [0.2, 0.25) is 0 Å². The molecule has 18 heavy (non-hydrogen) atoms. The highest BCUT2D eigenvalue weighted by Gasteiger charge is 2.10. The fraction of sp³-hybridized carbons (Fsp3) is 0.286. The lowest BCUT2D eigenvalue weighted by Crippen LogP contribution is -2.19. The van der Waals surface area contributed by atoms with Crippen molar-refractivity contribution < 1.29 is 4.74 Å². The van der Waals surface area contributed by atoms with Gasteiger partial charge in [0.2, 0.25) is 0 Å². The standard InChI is InChI=1S/C14H17N3O/c1-15-14(12-6-7-16-17-10-12)9-11-4-3-5-13(8-11)18-2/h3-8,10,14-15H,9H2,1-2H3. The van der Waals surface area contributed by atoms with Crippen LogP contribution in [-0.4, -0.2) is 24.4 Å². The molecule has 0 saturated heterocycles. The predicted octanol–water partition coefficient (Wildman–Crippen LogP) is 1.99. The monoisotopic (exact) mass is 243 g/mol. The third kappa shape index (κ3) is 3.05. The molecule has 1 heterocycles. The maximum absolute atomic E-state index is 5.23. The first-order valence-electron chi connectivity index (χ1n) is 5.90. The summed E-state index contributed by atoms with van der Waals surface area (Å²) in [6.45, 7) is 0. The van der Waals surface area contributed by atoms with Crippen molar-refractivity contribution >= 4 is 0 Å². The molecular formula is C14H17N3O. The third-order valence-electron chi connectivity index (χ3n) is 2.93. The Kier molecular flexibility index (Phi) is 4.25. The van der Waals surface area contributed by atoms with Crippen molar-refractivity contribution in [2.75, 3.05) is 14.2 Å². The Bertz CT molecular complexity index is 487. The van der Waals surface area contributed by atoms with Crippen molar-refractivity contribution in [3.05, 3.63) is 53.9 Å². The van der Waals surface area contributed by atoms with E-state index in [1.807, 2.05) is 25.2 Å². The van der Waals surface area contributed by atoms with Crippen molar-refractivity contribution in [3.63, 3.8) is 0 Å². The second kappa shape index (κ2) is 6.12. The van der Waals surface area contributed by atoms with E-state index in [9.17, 15) is 0 Å². The lowest BCUT2D eigenvalue weighted by atomic mass is 10.0. The van der Waals surface area contributed by atoms with Crippen LogP contribution < -0.4 is 10.1 Å². The zero-order valence-corrected chi connectivity index (χ0v) is 10.6. The molecule has 4 heteroatoms. The fourth-order valence-corrected chi connectivity index (χ4v) is 1.93. The summed E-state index contributed by atoms with van der Waals surface area (Å²) < 4.78 is 5.23. The number of benzene rings is 1. The Hall–Kier alpha value is -1.94. The number of methoxy groups -OCH3 is 1. The van der Waals surface area contributed by atoms with Crippen molar-refractivity contribution in [3.8, 4) is 5.75 Å². The van der Waals surface area contributed by atoms with Gasteiger partial charge in [-0.2, -0.15) is 10.2 Å². The van der Waals surface area contributed by atoms with Crippen molar-refractivity contribution in [1.82, 2.24) is 15.5 Å². The quantitative estimate of drug-likeness (QED) is 0.872. The number of likely N-dealkylation sites (N-methyl/N-ethyl adjacent to an activating group) is 1. The zero-order chi connectivity index (χ0) is 12.8. The number of rotatable bonds is 5. The van der Waals surface area contributed by atoms with Crippen LogP contribution in [-0.2, 0) is 6.42 Å². The molecule has 0 aliphatic heterocycles. The van der Waals surface area contributed by atoms with E-state index in [0.717, 1.165) is 17.7 Å². The summed E-state index contributed by atoms with van der Waals surface area (Å²) in [6, 6.07) is 10.3. The number of ether oxygens (including phenoxy) is 1. The van der Waals surface area contributed by atoms with Gasteiger partial charge in [-0.05, 0) is 42.8 Å². The Morgan fingerprint density at radius 1 is 1.28 bits per heavy atom. The molecule has 0 aliphatic rings. The molecule has 0 radical (unpaired) electrons. The molecule has 2 aromatic rings. The summed E-state index contributed by atoms with van der Waals surface area (Å²) in [7, 11) is 3.63.